The molecule has 0 unspecified atom stereocenters. The van der Waals surface area contributed by atoms with Crippen molar-refractivity contribution in [2.24, 2.45) is 0 Å². The third-order valence-corrected chi connectivity index (χ3v) is 0.163. The minimum absolute atomic E-state index is 0. The molecule has 4 heteroatoms. The summed E-state index contributed by atoms with van der Waals surface area (Å²) >= 11 is 0. The van der Waals surface area contributed by atoms with Crippen LogP contribution in [0, 0.1) is 0 Å². The topological polar surface area (TPSA) is 60.7 Å². The molecule has 0 aromatic heterocycles. The average Bonchev–Trinajstić information content (AvgIpc) is 1.38. The van der Waals surface area contributed by atoms with Crippen molar-refractivity contribution < 1.29 is 15.3 Å². The third kappa shape index (κ3) is 8.86. The van der Waals surface area contributed by atoms with E-state index in [0.717, 1.165) is 0 Å². The maximum absolute atomic E-state index is 7.67. The van der Waals surface area contributed by atoms with Gasteiger partial charge in [0, 0.05) is 0 Å². The second kappa shape index (κ2) is 5.88. The Balaban J connectivity index is 0. The molecule has 6 heavy (non-hydrogen) atoms. The molecule has 3 nitrogen and oxygen atoms in total. The summed E-state index contributed by atoms with van der Waals surface area (Å²) in [5.41, 5.74) is 0. The molecule has 0 rings (SSSR count). The summed E-state index contributed by atoms with van der Waals surface area (Å²) in [5.74, 6) is 0. The number of hydrogen-bond acceptors (Lipinski definition) is 3. The SMILES string of the molecule is OCC(O)O.[NaH]. The molecule has 34 valence electrons. The summed E-state index contributed by atoms with van der Waals surface area (Å²) in [6, 6.07) is 0. The fraction of sp³-hybridized carbons (Fsp3) is 1.00. The summed E-state index contributed by atoms with van der Waals surface area (Å²) in [7, 11) is 0. The van der Waals surface area contributed by atoms with Crippen molar-refractivity contribution in [1.29, 1.82) is 0 Å². The van der Waals surface area contributed by atoms with Gasteiger partial charge in [0.05, 0.1) is 6.61 Å². The van der Waals surface area contributed by atoms with Crippen LogP contribution in [0.4, 0.5) is 0 Å². The van der Waals surface area contributed by atoms with Crippen LogP contribution in [0.15, 0.2) is 0 Å². The Kier molecular flexibility index (Phi) is 9.79. The van der Waals surface area contributed by atoms with Gasteiger partial charge in [-0.1, -0.05) is 0 Å². The molecule has 0 aliphatic heterocycles. The molecule has 0 fully saturated rings. The first-order valence-corrected chi connectivity index (χ1v) is 1.24. The van der Waals surface area contributed by atoms with Crippen LogP contribution >= 0.6 is 0 Å². The predicted octanol–water partition coefficient (Wildman–Crippen LogP) is -2.36. The van der Waals surface area contributed by atoms with Crippen molar-refractivity contribution in [3.63, 3.8) is 0 Å². The summed E-state index contributed by atoms with van der Waals surface area (Å²) in [6.45, 7) is -0.583. The van der Waals surface area contributed by atoms with Gasteiger partial charge in [-0.15, -0.1) is 0 Å². The monoisotopic (exact) mass is 102 g/mol. The van der Waals surface area contributed by atoms with Gasteiger partial charge in [-0.25, -0.2) is 0 Å². The minimum atomic E-state index is -1.56. The fourth-order valence-electron chi connectivity index (χ4n) is 0. The Hall–Kier alpha value is 0.880. The van der Waals surface area contributed by atoms with Crippen molar-refractivity contribution >= 4 is 29.6 Å². The molecular formula is C2H7NaO3. The van der Waals surface area contributed by atoms with Crippen molar-refractivity contribution in [3.8, 4) is 0 Å². The van der Waals surface area contributed by atoms with Crippen LogP contribution < -0.4 is 0 Å². The summed E-state index contributed by atoms with van der Waals surface area (Å²) in [4.78, 5) is 0. The van der Waals surface area contributed by atoms with Gasteiger partial charge in [0.1, 0.15) is 0 Å². The van der Waals surface area contributed by atoms with E-state index in [1.807, 2.05) is 0 Å². The maximum atomic E-state index is 7.67. The molecule has 0 aliphatic carbocycles. The van der Waals surface area contributed by atoms with Gasteiger partial charge in [0.15, 0.2) is 6.29 Å². The number of aliphatic hydroxyl groups excluding tert-OH is 2. The van der Waals surface area contributed by atoms with Gasteiger partial charge < -0.3 is 15.3 Å². The van der Waals surface area contributed by atoms with E-state index in [4.69, 9.17) is 15.3 Å². The van der Waals surface area contributed by atoms with E-state index in [9.17, 15) is 0 Å². The molecule has 0 aromatic carbocycles. The van der Waals surface area contributed by atoms with Crippen molar-refractivity contribution in [2.75, 3.05) is 6.61 Å². The van der Waals surface area contributed by atoms with Crippen LogP contribution in [0.2, 0.25) is 0 Å². The molecule has 0 radical (unpaired) electrons. The van der Waals surface area contributed by atoms with E-state index in [1.54, 1.807) is 0 Å². The van der Waals surface area contributed by atoms with E-state index in [2.05, 4.69) is 0 Å². The quantitative estimate of drug-likeness (QED) is 0.256. The first-order valence-electron chi connectivity index (χ1n) is 1.24. The van der Waals surface area contributed by atoms with Crippen LogP contribution in [-0.4, -0.2) is 57.8 Å². The Bertz CT molecular complexity index is 22.8. The van der Waals surface area contributed by atoms with Gasteiger partial charge >= 0.3 is 29.6 Å². The molecule has 0 saturated heterocycles. The Morgan fingerprint density at radius 2 is 1.50 bits per heavy atom. The van der Waals surface area contributed by atoms with Crippen molar-refractivity contribution in [3.05, 3.63) is 0 Å². The zero-order valence-electron chi connectivity index (χ0n) is 2.63. The Morgan fingerprint density at radius 3 is 1.50 bits per heavy atom. The second-order valence-electron chi connectivity index (χ2n) is 0.663. The van der Waals surface area contributed by atoms with Gasteiger partial charge in [0.2, 0.25) is 0 Å². The van der Waals surface area contributed by atoms with Crippen LogP contribution in [-0.2, 0) is 0 Å². The van der Waals surface area contributed by atoms with Gasteiger partial charge in [-0.3, -0.25) is 0 Å². The molecule has 0 heterocycles. The predicted molar refractivity (Wildman–Crippen MR) is 22.5 cm³/mol. The molecule has 0 atom stereocenters. The number of rotatable bonds is 1. The van der Waals surface area contributed by atoms with E-state index in [1.165, 1.54) is 0 Å². The molecule has 0 aromatic rings. The molecule has 0 spiro atoms. The standard InChI is InChI=1S/C2H6O3.Na.H/c3-1-2(4)5;;/h2-5H,1H2;;. The first kappa shape index (κ1) is 9.99. The Morgan fingerprint density at radius 1 is 1.33 bits per heavy atom. The van der Waals surface area contributed by atoms with Crippen molar-refractivity contribution in [2.45, 2.75) is 6.29 Å². The van der Waals surface area contributed by atoms with Crippen LogP contribution in [0.5, 0.6) is 0 Å². The number of hydrogen-bond donors (Lipinski definition) is 3. The molecule has 0 amide bonds. The normalized spacial score (nSPS) is 8.00. The average molecular weight is 102 g/mol. The summed E-state index contributed by atoms with van der Waals surface area (Å²) in [6.07, 6.45) is -1.56. The second-order valence-corrected chi connectivity index (χ2v) is 0.663. The molecule has 0 aliphatic rings. The molecular weight excluding hydrogens is 95.0 g/mol. The number of aliphatic hydroxyl groups is 3. The first-order chi connectivity index (χ1) is 2.27. The van der Waals surface area contributed by atoms with E-state index >= 15 is 0 Å². The van der Waals surface area contributed by atoms with Crippen LogP contribution in [0.25, 0.3) is 0 Å². The summed E-state index contributed by atoms with van der Waals surface area (Å²) in [5, 5.41) is 23.0. The van der Waals surface area contributed by atoms with Crippen LogP contribution in [0.1, 0.15) is 0 Å². The van der Waals surface area contributed by atoms with Crippen molar-refractivity contribution in [1.82, 2.24) is 0 Å². The van der Waals surface area contributed by atoms with E-state index in [0.29, 0.717) is 0 Å². The molecule has 0 bridgehead atoms. The molecule has 0 saturated carbocycles. The third-order valence-electron chi connectivity index (χ3n) is 0.163. The zero-order valence-corrected chi connectivity index (χ0v) is 2.63. The van der Waals surface area contributed by atoms with E-state index < -0.39 is 12.9 Å². The van der Waals surface area contributed by atoms with Gasteiger partial charge in [0.25, 0.3) is 0 Å². The Labute approximate surface area is 57.9 Å². The fourth-order valence-corrected chi connectivity index (χ4v) is 0. The van der Waals surface area contributed by atoms with E-state index in [-0.39, 0.29) is 29.6 Å². The van der Waals surface area contributed by atoms with Crippen LogP contribution in [0.3, 0.4) is 0 Å². The van der Waals surface area contributed by atoms with Gasteiger partial charge in [-0.05, 0) is 0 Å². The summed E-state index contributed by atoms with van der Waals surface area (Å²) < 4.78 is 0. The zero-order chi connectivity index (χ0) is 4.28. The van der Waals surface area contributed by atoms with Gasteiger partial charge in [-0.2, -0.15) is 0 Å². The molecule has 3 N–H and O–H groups in total.